The van der Waals surface area contributed by atoms with Crippen molar-refractivity contribution in [3.05, 3.63) is 47.8 Å². The number of piperidine rings is 1. The van der Waals surface area contributed by atoms with Gasteiger partial charge in [-0.2, -0.15) is 5.10 Å². The standard InChI is InChI=1S/C19H26N4O2/c1-14-5-7-17(8-6-14)25-15(2)12-21-19(24)18-9-11-23(22-18)16-4-3-10-20-13-16/h5-9,11,15-16,20H,3-4,10,12-13H2,1-2H3,(H,21,24). The van der Waals surface area contributed by atoms with Gasteiger partial charge in [0.1, 0.15) is 17.5 Å². The molecular formula is C19H26N4O2. The molecule has 134 valence electrons. The maximum Gasteiger partial charge on any atom is 0.271 e. The van der Waals surface area contributed by atoms with Crippen LogP contribution in [0.1, 0.15) is 41.9 Å². The normalized spacial score (nSPS) is 18.6. The van der Waals surface area contributed by atoms with E-state index < -0.39 is 0 Å². The summed E-state index contributed by atoms with van der Waals surface area (Å²) in [6, 6.07) is 10.00. The summed E-state index contributed by atoms with van der Waals surface area (Å²) in [5, 5.41) is 10.7. The minimum atomic E-state index is -0.165. The SMILES string of the molecule is Cc1ccc(OC(C)CNC(=O)c2ccn(C3CCCNC3)n2)cc1. The van der Waals surface area contributed by atoms with Crippen LogP contribution in [0.15, 0.2) is 36.5 Å². The minimum Gasteiger partial charge on any atom is -0.489 e. The topological polar surface area (TPSA) is 68.2 Å². The number of hydrogen-bond acceptors (Lipinski definition) is 4. The van der Waals surface area contributed by atoms with Crippen LogP contribution in [-0.4, -0.2) is 41.4 Å². The van der Waals surface area contributed by atoms with Gasteiger partial charge >= 0.3 is 0 Å². The van der Waals surface area contributed by atoms with Crippen molar-refractivity contribution in [1.82, 2.24) is 20.4 Å². The van der Waals surface area contributed by atoms with E-state index in [1.165, 1.54) is 5.56 Å². The summed E-state index contributed by atoms with van der Waals surface area (Å²) in [5.74, 6) is 0.642. The molecule has 0 saturated carbocycles. The fraction of sp³-hybridized carbons (Fsp3) is 0.474. The summed E-state index contributed by atoms with van der Waals surface area (Å²) in [7, 11) is 0. The van der Waals surface area contributed by atoms with Gasteiger partial charge in [-0.25, -0.2) is 0 Å². The number of hydrogen-bond donors (Lipinski definition) is 2. The highest BCUT2D eigenvalue weighted by Gasteiger charge is 2.18. The summed E-state index contributed by atoms with van der Waals surface area (Å²) >= 11 is 0. The van der Waals surface area contributed by atoms with Crippen LogP contribution >= 0.6 is 0 Å². The highest BCUT2D eigenvalue weighted by atomic mass is 16.5. The first-order valence-electron chi connectivity index (χ1n) is 8.89. The summed E-state index contributed by atoms with van der Waals surface area (Å²) in [6.45, 7) is 6.38. The predicted octanol–water partition coefficient (Wildman–Crippen LogP) is 2.31. The van der Waals surface area contributed by atoms with Crippen molar-refractivity contribution >= 4 is 5.91 Å². The molecule has 0 radical (unpaired) electrons. The van der Waals surface area contributed by atoms with Gasteiger partial charge in [-0.05, 0) is 51.4 Å². The molecule has 1 aromatic heterocycles. The van der Waals surface area contributed by atoms with E-state index in [0.717, 1.165) is 31.7 Å². The zero-order valence-electron chi connectivity index (χ0n) is 14.9. The van der Waals surface area contributed by atoms with E-state index in [9.17, 15) is 4.79 Å². The van der Waals surface area contributed by atoms with Gasteiger partial charge in [-0.1, -0.05) is 17.7 Å². The number of ether oxygens (including phenoxy) is 1. The largest absolute Gasteiger partial charge is 0.489 e. The number of rotatable bonds is 6. The molecule has 2 N–H and O–H groups in total. The van der Waals surface area contributed by atoms with Crippen molar-refractivity contribution in [3.8, 4) is 5.75 Å². The smallest absolute Gasteiger partial charge is 0.271 e. The zero-order chi connectivity index (χ0) is 17.6. The molecule has 2 atom stereocenters. The van der Waals surface area contributed by atoms with Gasteiger partial charge in [0.15, 0.2) is 0 Å². The molecule has 6 heteroatoms. The van der Waals surface area contributed by atoms with E-state index in [-0.39, 0.29) is 12.0 Å². The zero-order valence-corrected chi connectivity index (χ0v) is 14.9. The van der Waals surface area contributed by atoms with Gasteiger partial charge in [0.05, 0.1) is 12.6 Å². The van der Waals surface area contributed by atoms with E-state index >= 15 is 0 Å². The van der Waals surface area contributed by atoms with Crippen LogP contribution in [-0.2, 0) is 0 Å². The van der Waals surface area contributed by atoms with Crippen molar-refractivity contribution < 1.29 is 9.53 Å². The second kappa shape index (κ2) is 8.16. The number of carbonyl (C=O) groups is 1. The first kappa shape index (κ1) is 17.5. The summed E-state index contributed by atoms with van der Waals surface area (Å²) in [4.78, 5) is 12.3. The number of amides is 1. The molecule has 2 aromatic rings. The molecule has 1 aliphatic rings. The van der Waals surface area contributed by atoms with Crippen LogP contribution in [0, 0.1) is 6.92 Å². The van der Waals surface area contributed by atoms with Crippen LogP contribution in [0.5, 0.6) is 5.75 Å². The lowest BCUT2D eigenvalue weighted by Gasteiger charge is -2.22. The average molecular weight is 342 g/mol. The second-order valence-corrected chi connectivity index (χ2v) is 6.63. The molecule has 6 nitrogen and oxygen atoms in total. The molecule has 0 spiro atoms. The maximum atomic E-state index is 12.3. The van der Waals surface area contributed by atoms with Gasteiger partial charge in [-0.3, -0.25) is 9.48 Å². The maximum absolute atomic E-state index is 12.3. The fourth-order valence-corrected chi connectivity index (χ4v) is 2.94. The molecule has 1 fully saturated rings. The van der Waals surface area contributed by atoms with E-state index in [1.807, 2.05) is 49.0 Å². The number of nitrogens with one attached hydrogen (secondary N) is 2. The highest BCUT2D eigenvalue weighted by molar-refractivity contribution is 5.92. The molecule has 0 bridgehead atoms. The average Bonchev–Trinajstić information content (AvgIpc) is 3.13. The number of benzene rings is 1. The predicted molar refractivity (Wildman–Crippen MR) is 97.0 cm³/mol. The molecule has 1 amide bonds. The van der Waals surface area contributed by atoms with Gasteiger partial charge < -0.3 is 15.4 Å². The van der Waals surface area contributed by atoms with Crippen molar-refractivity contribution in [2.45, 2.75) is 38.8 Å². The van der Waals surface area contributed by atoms with E-state index in [1.54, 1.807) is 6.07 Å². The summed E-state index contributed by atoms with van der Waals surface area (Å²) < 4.78 is 7.70. The second-order valence-electron chi connectivity index (χ2n) is 6.63. The number of aryl methyl sites for hydroxylation is 1. The van der Waals surface area contributed by atoms with E-state index in [2.05, 4.69) is 15.7 Å². The summed E-state index contributed by atoms with van der Waals surface area (Å²) in [5.41, 5.74) is 1.64. The molecular weight excluding hydrogens is 316 g/mol. The van der Waals surface area contributed by atoms with Gasteiger partial charge in [0.2, 0.25) is 0 Å². The van der Waals surface area contributed by atoms with Crippen molar-refractivity contribution in [1.29, 1.82) is 0 Å². The first-order valence-corrected chi connectivity index (χ1v) is 8.89. The Labute approximate surface area is 148 Å². The molecule has 2 heterocycles. The lowest BCUT2D eigenvalue weighted by molar-refractivity contribution is 0.0926. The molecule has 0 aliphatic carbocycles. The Balaban J connectivity index is 1.48. The Hall–Kier alpha value is -2.34. The van der Waals surface area contributed by atoms with Crippen molar-refractivity contribution in [3.63, 3.8) is 0 Å². The third kappa shape index (κ3) is 4.82. The third-order valence-electron chi connectivity index (χ3n) is 4.39. The lowest BCUT2D eigenvalue weighted by Crippen LogP contribution is -2.34. The minimum absolute atomic E-state index is 0.115. The lowest BCUT2D eigenvalue weighted by atomic mass is 10.1. The van der Waals surface area contributed by atoms with Crippen LogP contribution in [0.25, 0.3) is 0 Å². The highest BCUT2D eigenvalue weighted by Crippen LogP contribution is 2.16. The molecule has 1 aromatic carbocycles. The molecule has 1 aliphatic heterocycles. The van der Waals surface area contributed by atoms with Crippen LogP contribution < -0.4 is 15.4 Å². The van der Waals surface area contributed by atoms with E-state index in [0.29, 0.717) is 18.3 Å². The molecule has 3 rings (SSSR count). The van der Waals surface area contributed by atoms with Crippen molar-refractivity contribution in [2.24, 2.45) is 0 Å². The van der Waals surface area contributed by atoms with Crippen molar-refractivity contribution in [2.75, 3.05) is 19.6 Å². The molecule has 2 unspecified atom stereocenters. The summed E-state index contributed by atoms with van der Waals surface area (Å²) in [6.07, 6.45) is 4.01. The van der Waals surface area contributed by atoms with Gasteiger partial charge in [0.25, 0.3) is 5.91 Å². The number of aromatic nitrogens is 2. The van der Waals surface area contributed by atoms with E-state index in [4.69, 9.17) is 4.74 Å². The van der Waals surface area contributed by atoms with Crippen LogP contribution in [0.3, 0.4) is 0 Å². The van der Waals surface area contributed by atoms with Gasteiger partial charge in [0, 0.05) is 12.7 Å². The fourth-order valence-electron chi connectivity index (χ4n) is 2.94. The Kier molecular flexibility index (Phi) is 5.71. The Morgan fingerprint density at radius 3 is 2.92 bits per heavy atom. The Morgan fingerprint density at radius 2 is 2.20 bits per heavy atom. The Bertz CT molecular complexity index is 690. The third-order valence-corrected chi connectivity index (χ3v) is 4.39. The molecule has 1 saturated heterocycles. The number of carbonyl (C=O) groups excluding carboxylic acids is 1. The monoisotopic (exact) mass is 342 g/mol. The molecule has 25 heavy (non-hydrogen) atoms. The first-order chi connectivity index (χ1) is 12.1. The Morgan fingerprint density at radius 1 is 1.40 bits per heavy atom. The van der Waals surface area contributed by atoms with Crippen LogP contribution in [0.2, 0.25) is 0 Å². The number of nitrogens with zero attached hydrogens (tertiary/aromatic N) is 2. The van der Waals surface area contributed by atoms with Gasteiger partial charge in [-0.15, -0.1) is 0 Å². The van der Waals surface area contributed by atoms with Crippen LogP contribution in [0.4, 0.5) is 0 Å². The quantitative estimate of drug-likeness (QED) is 0.845.